The van der Waals surface area contributed by atoms with Crippen LogP contribution in [0.2, 0.25) is 0 Å². The number of carbonyl (C=O) groups is 1. The van der Waals surface area contributed by atoms with Gasteiger partial charge in [-0.3, -0.25) is 0 Å². The van der Waals surface area contributed by atoms with E-state index in [0.29, 0.717) is 18.8 Å². The molecule has 4 nitrogen and oxygen atoms in total. The summed E-state index contributed by atoms with van der Waals surface area (Å²) in [5.41, 5.74) is 1.81. The number of fused-ring (bicyclic) bond motifs is 2. The van der Waals surface area contributed by atoms with E-state index in [1.807, 2.05) is 80.6 Å². The molecule has 0 bridgehead atoms. The molecule has 1 amide bonds. The second-order valence-corrected chi connectivity index (χ2v) is 6.88. The summed E-state index contributed by atoms with van der Waals surface area (Å²) in [7, 11) is 0. The van der Waals surface area contributed by atoms with Crippen molar-refractivity contribution in [2.24, 2.45) is 0 Å². The minimum absolute atomic E-state index is 0.229. The fourth-order valence-corrected chi connectivity index (χ4v) is 3.80. The maximum Gasteiger partial charge on any atom is 0.415 e. The molecule has 1 N–H and O–H groups in total. The van der Waals surface area contributed by atoms with E-state index in [9.17, 15) is 9.90 Å². The molecule has 0 aliphatic heterocycles. The van der Waals surface area contributed by atoms with Crippen molar-refractivity contribution in [3.8, 4) is 22.6 Å². The number of nitrogens with zero attached hydrogens (tertiary/aromatic N) is 1. The van der Waals surface area contributed by atoms with Crippen LogP contribution in [0.4, 0.5) is 4.79 Å². The summed E-state index contributed by atoms with van der Waals surface area (Å²) in [6, 6.07) is 23.1. The lowest BCUT2D eigenvalue weighted by molar-refractivity contribution is 0.158. The number of phenols is 1. The molecular formula is C25H23NO3. The summed E-state index contributed by atoms with van der Waals surface area (Å²) >= 11 is 0. The molecule has 0 saturated carbocycles. The fraction of sp³-hybridized carbons (Fsp3) is 0.160. The zero-order valence-electron chi connectivity index (χ0n) is 16.6. The third kappa shape index (κ3) is 3.38. The van der Waals surface area contributed by atoms with Gasteiger partial charge in [-0.15, -0.1) is 0 Å². The standard InChI is InChI=1S/C25H23NO3/c1-3-26(4-2)25(28)29-22-16-8-12-18-10-6-14-20(24(18)22)19-13-5-9-17-11-7-15-21(27)23(17)19/h5-16,27H,3-4H2,1-2H3. The SMILES string of the molecule is CCN(CC)C(=O)Oc1cccc2cccc(-c3cccc4cccc(O)c34)c12. The molecule has 4 rings (SSSR count). The number of rotatable bonds is 4. The highest BCUT2D eigenvalue weighted by molar-refractivity contribution is 6.09. The molecule has 0 atom stereocenters. The lowest BCUT2D eigenvalue weighted by Gasteiger charge is -2.19. The van der Waals surface area contributed by atoms with Gasteiger partial charge in [0.2, 0.25) is 0 Å². The van der Waals surface area contributed by atoms with Gasteiger partial charge in [0.25, 0.3) is 0 Å². The Labute approximate surface area is 170 Å². The Morgan fingerprint density at radius 1 is 0.793 bits per heavy atom. The van der Waals surface area contributed by atoms with Crippen molar-refractivity contribution in [2.75, 3.05) is 13.1 Å². The summed E-state index contributed by atoms with van der Waals surface area (Å²) < 4.78 is 5.80. The van der Waals surface area contributed by atoms with Crippen LogP contribution in [0.5, 0.6) is 11.5 Å². The minimum atomic E-state index is -0.363. The molecule has 146 valence electrons. The van der Waals surface area contributed by atoms with Crippen molar-refractivity contribution in [3.63, 3.8) is 0 Å². The normalized spacial score (nSPS) is 11.0. The number of hydrogen-bond donors (Lipinski definition) is 1. The third-order valence-corrected chi connectivity index (χ3v) is 5.26. The predicted molar refractivity (Wildman–Crippen MR) is 117 cm³/mol. The van der Waals surface area contributed by atoms with Crippen molar-refractivity contribution in [2.45, 2.75) is 13.8 Å². The molecule has 0 saturated heterocycles. The molecule has 0 heterocycles. The van der Waals surface area contributed by atoms with Gasteiger partial charge in [0.1, 0.15) is 11.5 Å². The highest BCUT2D eigenvalue weighted by Crippen LogP contribution is 2.41. The molecule has 0 spiro atoms. The molecule has 0 aromatic heterocycles. The van der Waals surface area contributed by atoms with Crippen LogP contribution in [0.3, 0.4) is 0 Å². The van der Waals surface area contributed by atoms with E-state index < -0.39 is 0 Å². The van der Waals surface area contributed by atoms with Crippen LogP contribution in [0.25, 0.3) is 32.7 Å². The molecule has 0 unspecified atom stereocenters. The second-order valence-electron chi connectivity index (χ2n) is 6.88. The minimum Gasteiger partial charge on any atom is -0.507 e. The summed E-state index contributed by atoms with van der Waals surface area (Å²) in [6.07, 6.45) is -0.363. The van der Waals surface area contributed by atoms with E-state index in [4.69, 9.17) is 4.74 Å². The molecule has 29 heavy (non-hydrogen) atoms. The molecule has 0 radical (unpaired) electrons. The van der Waals surface area contributed by atoms with Crippen molar-refractivity contribution in [1.82, 2.24) is 4.90 Å². The van der Waals surface area contributed by atoms with Gasteiger partial charge >= 0.3 is 6.09 Å². The second kappa shape index (κ2) is 7.84. The van der Waals surface area contributed by atoms with Gasteiger partial charge in [-0.05, 0) is 47.9 Å². The average Bonchev–Trinajstić information content (AvgIpc) is 2.74. The number of phenolic OH excluding ortho intramolecular Hbond substituents is 1. The molecule has 4 aromatic carbocycles. The summed E-state index contributed by atoms with van der Waals surface area (Å²) in [6.45, 7) is 5.03. The van der Waals surface area contributed by atoms with Crippen molar-refractivity contribution in [3.05, 3.63) is 72.8 Å². The van der Waals surface area contributed by atoms with E-state index in [1.54, 1.807) is 11.0 Å². The number of aromatic hydroxyl groups is 1. The smallest absolute Gasteiger partial charge is 0.415 e. The van der Waals surface area contributed by atoms with Crippen molar-refractivity contribution < 1.29 is 14.6 Å². The summed E-state index contributed by atoms with van der Waals surface area (Å²) in [5, 5.41) is 14.1. The first-order chi connectivity index (χ1) is 14.1. The molecule has 0 aliphatic carbocycles. The van der Waals surface area contributed by atoms with Crippen molar-refractivity contribution in [1.29, 1.82) is 0 Å². The zero-order valence-corrected chi connectivity index (χ0v) is 16.6. The van der Waals surface area contributed by atoms with Crippen molar-refractivity contribution >= 4 is 27.6 Å². The Kier molecular flexibility index (Phi) is 5.09. The van der Waals surface area contributed by atoms with Crippen LogP contribution < -0.4 is 4.74 Å². The van der Waals surface area contributed by atoms with Gasteiger partial charge in [0.15, 0.2) is 0 Å². The first-order valence-corrected chi connectivity index (χ1v) is 9.83. The van der Waals surface area contributed by atoms with Crippen LogP contribution in [0.15, 0.2) is 72.8 Å². The monoisotopic (exact) mass is 385 g/mol. The van der Waals surface area contributed by atoms with E-state index >= 15 is 0 Å². The molecular weight excluding hydrogens is 362 g/mol. The highest BCUT2D eigenvalue weighted by atomic mass is 16.6. The average molecular weight is 385 g/mol. The lowest BCUT2D eigenvalue weighted by atomic mass is 9.93. The zero-order chi connectivity index (χ0) is 20.4. The largest absolute Gasteiger partial charge is 0.507 e. The van der Waals surface area contributed by atoms with Crippen LogP contribution >= 0.6 is 0 Å². The number of carbonyl (C=O) groups excluding carboxylic acids is 1. The highest BCUT2D eigenvalue weighted by Gasteiger charge is 2.17. The van der Waals surface area contributed by atoms with Gasteiger partial charge in [-0.1, -0.05) is 60.7 Å². The Morgan fingerprint density at radius 3 is 1.93 bits per heavy atom. The third-order valence-electron chi connectivity index (χ3n) is 5.26. The maximum atomic E-state index is 12.6. The molecule has 0 fully saturated rings. The fourth-order valence-electron chi connectivity index (χ4n) is 3.80. The Hall–Kier alpha value is -3.53. The topological polar surface area (TPSA) is 49.8 Å². The molecule has 4 heteroatoms. The quantitative estimate of drug-likeness (QED) is 0.454. The number of ether oxygens (including phenoxy) is 1. The van der Waals surface area contributed by atoms with Crippen LogP contribution in [0.1, 0.15) is 13.8 Å². The first kappa shape index (κ1) is 18.8. The summed E-state index contributed by atoms with van der Waals surface area (Å²) in [5.74, 6) is 0.746. The molecule has 0 aliphatic rings. The van der Waals surface area contributed by atoms with Gasteiger partial charge in [0, 0.05) is 23.9 Å². The Bertz CT molecular complexity index is 1180. The van der Waals surface area contributed by atoms with Gasteiger partial charge in [0.05, 0.1) is 0 Å². The van der Waals surface area contributed by atoms with E-state index in [2.05, 4.69) is 0 Å². The van der Waals surface area contributed by atoms with E-state index in [0.717, 1.165) is 32.7 Å². The van der Waals surface area contributed by atoms with Gasteiger partial charge in [-0.25, -0.2) is 4.79 Å². The maximum absolute atomic E-state index is 12.6. The number of amides is 1. The predicted octanol–water partition coefficient (Wildman–Crippen LogP) is 6.21. The van der Waals surface area contributed by atoms with E-state index in [1.165, 1.54) is 0 Å². The molecule has 4 aromatic rings. The Balaban J connectivity index is 1.95. The lowest BCUT2D eigenvalue weighted by Crippen LogP contribution is -2.33. The van der Waals surface area contributed by atoms with Gasteiger partial charge < -0.3 is 14.7 Å². The summed E-state index contributed by atoms with van der Waals surface area (Å²) in [4.78, 5) is 14.2. The van der Waals surface area contributed by atoms with Crippen LogP contribution in [0, 0.1) is 0 Å². The van der Waals surface area contributed by atoms with Crippen LogP contribution in [-0.4, -0.2) is 29.2 Å². The Morgan fingerprint density at radius 2 is 1.31 bits per heavy atom. The van der Waals surface area contributed by atoms with Gasteiger partial charge in [-0.2, -0.15) is 0 Å². The van der Waals surface area contributed by atoms with Crippen LogP contribution in [-0.2, 0) is 0 Å². The number of hydrogen-bond acceptors (Lipinski definition) is 3. The van der Waals surface area contributed by atoms with E-state index in [-0.39, 0.29) is 11.8 Å². The number of benzene rings is 4. The first-order valence-electron chi connectivity index (χ1n) is 9.83.